The van der Waals surface area contributed by atoms with Gasteiger partial charge in [-0.2, -0.15) is 5.10 Å². The van der Waals surface area contributed by atoms with Crippen LogP contribution in [0.1, 0.15) is 0 Å². The second-order valence-electron chi connectivity index (χ2n) is 6.42. The summed E-state index contributed by atoms with van der Waals surface area (Å²) in [7, 11) is 4.09. The fourth-order valence-electron chi connectivity index (χ4n) is 3.05. The number of nitrogens with two attached hydrogens (primary N) is 1. The first kappa shape index (κ1) is 17.0. The van der Waals surface area contributed by atoms with Crippen molar-refractivity contribution in [1.29, 1.82) is 0 Å². The van der Waals surface area contributed by atoms with Gasteiger partial charge in [0.2, 0.25) is 5.91 Å². The average molecular weight is 368 g/mol. The predicted molar refractivity (Wildman–Crippen MR) is 103 cm³/mol. The number of hydrogen-bond acceptors (Lipinski definition) is 6. The maximum absolute atomic E-state index is 11.8. The molecule has 1 amide bonds. The van der Waals surface area contributed by atoms with Crippen LogP contribution in [0, 0.1) is 0 Å². The monoisotopic (exact) mass is 368 g/mol. The number of likely N-dealkylation sites (N-methyl/N-ethyl adjacent to an activating group) is 1. The number of nitrogens with zero attached hydrogens (tertiary/aromatic N) is 4. The van der Waals surface area contributed by atoms with Gasteiger partial charge < -0.3 is 16.0 Å². The Labute approximate surface area is 155 Å². The molecular weight excluding hydrogens is 348 g/mol. The number of fused-ring (bicyclic) bond motifs is 2. The Hall–Kier alpha value is -2.42. The van der Waals surface area contributed by atoms with Gasteiger partial charge in [-0.3, -0.25) is 9.48 Å². The third-order valence-electron chi connectivity index (χ3n) is 4.31. The predicted octanol–water partition coefficient (Wildman–Crippen LogP) is 2.02. The van der Waals surface area contributed by atoms with Crippen molar-refractivity contribution in [3.63, 3.8) is 0 Å². The third-order valence-corrected chi connectivity index (χ3v) is 5.46. The van der Waals surface area contributed by atoms with E-state index in [4.69, 9.17) is 10.8 Å². The summed E-state index contributed by atoms with van der Waals surface area (Å²) in [6.45, 7) is 1.63. The van der Waals surface area contributed by atoms with Gasteiger partial charge in [-0.05, 0) is 38.4 Å². The highest BCUT2D eigenvalue weighted by Crippen LogP contribution is 2.49. The maximum Gasteiger partial charge on any atom is 0.238 e. The van der Waals surface area contributed by atoms with E-state index >= 15 is 0 Å². The van der Waals surface area contributed by atoms with Gasteiger partial charge in [0.1, 0.15) is 10.7 Å². The molecule has 0 radical (unpaired) electrons. The smallest absolute Gasteiger partial charge is 0.238 e. The third kappa shape index (κ3) is 2.86. The molecule has 2 aromatic heterocycles. The van der Waals surface area contributed by atoms with Gasteiger partial charge in [0.05, 0.1) is 24.3 Å². The lowest BCUT2D eigenvalue weighted by atomic mass is 10.1. The van der Waals surface area contributed by atoms with Crippen molar-refractivity contribution in [3.8, 4) is 11.3 Å². The zero-order chi connectivity index (χ0) is 18.3. The summed E-state index contributed by atoms with van der Waals surface area (Å²) in [5, 5.41) is 9.73. The molecule has 8 heteroatoms. The first-order valence-electron chi connectivity index (χ1n) is 8.40. The number of aromatic nitrogens is 3. The summed E-state index contributed by atoms with van der Waals surface area (Å²) in [6, 6.07) is 7.90. The van der Waals surface area contributed by atoms with E-state index in [2.05, 4.69) is 15.2 Å². The molecule has 1 aliphatic heterocycles. The summed E-state index contributed by atoms with van der Waals surface area (Å²) < 4.78 is 2.03. The van der Waals surface area contributed by atoms with Gasteiger partial charge in [0, 0.05) is 28.6 Å². The fraction of sp³-hybridized carbons (Fsp3) is 0.278. The van der Waals surface area contributed by atoms with Crippen molar-refractivity contribution < 1.29 is 4.79 Å². The Morgan fingerprint density at radius 3 is 2.96 bits per heavy atom. The number of carbonyl (C=O) groups excluding carboxylic acids is 1. The lowest BCUT2D eigenvalue weighted by molar-refractivity contribution is -0.114. The normalized spacial score (nSPS) is 12.5. The van der Waals surface area contributed by atoms with Crippen LogP contribution in [0.4, 0.5) is 5.69 Å². The summed E-state index contributed by atoms with van der Waals surface area (Å²) >= 11 is 1.56. The van der Waals surface area contributed by atoms with Crippen LogP contribution < -0.4 is 11.1 Å². The molecule has 3 heterocycles. The van der Waals surface area contributed by atoms with Gasteiger partial charge >= 0.3 is 0 Å². The molecule has 0 aliphatic carbocycles. The SMILES string of the molecule is CN(C)CCn1nc2c3c(c(NC(=O)CN)ccc31)Sc1ncccc1-2. The number of rotatable bonds is 5. The molecule has 26 heavy (non-hydrogen) atoms. The summed E-state index contributed by atoms with van der Waals surface area (Å²) in [4.78, 5) is 19.4. The van der Waals surface area contributed by atoms with Crippen molar-refractivity contribution in [2.24, 2.45) is 5.73 Å². The van der Waals surface area contributed by atoms with Gasteiger partial charge in [-0.1, -0.05) is 11.8 Å². The number of anilines is 1. The van der Waals surface area contributed by atoms with Crippen LogP contribution in [-0.2, 0) is 11.3 Å². The maximum atomic E-state index is 11.8. The quantitative estimate of drug-likeness (QED) is 0.560. The molecule has 0 saturated heterocycles. The van der Waals surface area contributed by atoms with Crippen molar-refractivity contribution >= 4 is 34.3 Å². The van der Waals surface area contributed by atoms with Crippen molar-refractivity contribution in [2.45, 2.75) is 16.5 Å². The number of carbonyl (C=O) groups is 1. The van der Waals surface area contributed by atoms with E-state index in [9.17, 15) is 4.79 Å². The Morgan fingerprint density at radius 1 is 1.35 bits per heavy atom. The molecule has 134 valence electrons. The van der Waals surface area contributed by atoms with Crippen molar-refractivity contribution in [2.75, 3.05) is 32.5 Å². The minimum Gasteiger partial charge on any atom is -0.324 e. The second kappa shape index (κ2) is 6.71. The molecule has 0 saturated carbocycles. The minimum atomic E-state index is -0.213. The van der Waals surface area contributed by atoms with Gasteiger partial charge in [-0.15, -0.1) is 0 Å². The summed E-state index contributed by atoms with van der Waals surface area (Å²) in [6.07, 6.45) is 1.78. The van der Waals surface area contributed by atoms with Crippen molar-refractivity contribution in [1.82, 2.24) is 19.7 Å². The van der Waals surface area contributed by atoms with E-state index < -0.39 is 0 Å². The average Bonchev–Trinajstić information content (AvgIpc) is 3.02. The summed E-state index contributed by atoms with van der Waals surface area (Å²) in [5.41, 5.74) is 9.22. The van der Waals surface area contributed by atoms with Crippen molar-refractivity contribution in [3.05, 3.63) is 30.5 Å². The molecule has 1 aliphatic rings. The van der Waals surface area contributed by atoms with Crippen LogP contribution >= 0.6 is 11.8 Å². The first-order valence-corrected chi connectivity index (χ1v) is 9.21. The molecule has 3 N–H and O–H groups in total. The van der Waals surface area contributed by atoms with E-state index in [1.54, 1.807) is 18.0 Å². The van der Waals surface area contributed by atoms with Crippen LogP contribution in [0.3, 0.4) is 0 Å². The highest BCUT2D eigenvalue weighted by molar-refractivity contribution is 7.99. The van der Waals surface area contributed by atoms with E-state index in [0.717, 1.165) is 50.9 Å². The van der Waals surface area contributed by atoms with E-state index in [-0.39, 0.29) is 12.5 Å². The zero-order valence-corrected chi connectivity index (χ0v) is 15.5. The molecule has 3 aromatic rings. The molecule has 0 bridgehead atoms. The van der Waals surface area contributed by atoms with Crippen LogP contribution in [0.2, 0.25) is 0 Å². The Balaban J connectivity index is 1.91. The summed E-state index contributed by atoms with van der Waals surface area (Å²) in [5.74, 6) is -0.213. The number of amides is 1. The molecule has 0 atom stereocenters. The topological polar surface area (TPSA) is 89.1 Å². The fourth-order valence-corrected chi connectivity index (χ4v) is 4.16. The number of hydrogen-bond donors (Lipinski definition) is 2. The van der Waals surface area contributed by atoms with Gasteiger partial charge in [0.15, 0.2) is 0 Å². The lowest BCUT2D eigenvalue weighted by Gasteiger charge is -2.17. The Bertz CT molecular complexity index is 997. The Morgan fingerprint density at radius 2 is 2.19 bits per heavy atom. The molecule has 0 fully saturated rings. The highest BCUT2D eigenvalue weighted by atomic mass is 32.2. The second-order valence-corrected chi connectivity index (χ2v) is 7.42. The van der Waals surface area contributed by atoms with Crippen LogP contribution in [0.15, 0.2) is 40.4 Å². The van der Waals surface area contributed by atoms with Gasteiger partial charge in [-0.25, -0.2) is 4.98 Å². The largest absolute Gasteiger partial charge is 0.324 e. The first-order chi connectivity index (χ1) is 12.6. The number of pyridine rings is 1. The number of nitrogens with one attached hydrogen (secondary N) is 1. The zero-order valence-electron chi connectivity index (χ0n) is 14.7. The standard InChI is InChI=1S/C18H20N6OS/c1-23(2)8-9-24-13-6-5-12(21-14(25)10-19)17-15(13)16(22-24)11-4-3-7-20-18(11)26-17/h3-7H,8-10,19H2,1-2H3,(H,21,25). The molecule has 4 rings (SSSR count). The lowest BCUT2D eigenvalue weighted by Crippen LogP contribution is -2.22. The van der Waals surface area contributed by atoms with Gasteiger partial charge in [0.25, 0.3) is 0 Å². The van der Waals surface area contributed by atoms with Crippen LogP contribution in [0.5, 0.6) is 0 Å². The van der Waals surface area contributed by atoms with E-state index in [0.29, 0.717) is 0 Å². The van der Waals surface area contributed by atoms with Crippen LogP contribution in [0.25, 0.3) is 22.2 Å². The van der Waals surface area contributed by atoms with Crippen LogP contribution in [-0.4, -0.2) is 52.8 Å². The Kier molecular flexibility index (Phi) is 4.39. The van der Waals surface area contributed by atoms with E-state index in [1.165, 1.54) is 0 Å². The van der Waals surface area contributed by atoms with E-state index in [1.807, 2.05) is 43.0 Å². The highest BCUT2D eigenvalue weighted by Gasteiger charge is 2.27. The molecule has 0 spiro atoms. The molecule has 0 unspecified atom stereocenters. The molecule has 7 nitrogen and oxygen atoms in total. The number of benzene rings is 1. The molecule has 1 aromatic carbocycles. The minimum absolute atomic E-state index is 0.0497. The molecular formula is C18H20N6OS.